The van der Waals surface area contributed by atoms with E-state index in [1.54, 1.807) is 20.9 Å². The lowest BCUT2D eigenvalue weighted by molar-refractivity contribution is 0.193. The predicted molar refractivity (Wildman–Crippen MR) is 74.5 cm³/mol. The van der Waals surface area contributed by atoms with E-state index in [-0.39, 0.29) is 12.1 Å². The summed E-state index contributed by atoms with van der Waals surface area (Å²) in [5.74, 6) is 0. The van der Waals surface area contributed by atoms with E-state index in [1.165, 1.54) is 11.2 Å². The zero-order valence-corrected chi connectivity index (χ0v) is 12.9. The van der Waals surface area contributed by atoms with Crippen molar-refractivity contribution in [1.82, 2.24) is 10.2 Å². The fraction of sp³-hybridized carbons (Fsp3) is 0.917. The lowest BCUT2D eigenvalue weighted by Crippen LogP contribution is -2.48. The number of urea groups is 1. The average molecular weight is 278 g/mol. The molecule has 0 fully saturated rings. The summed E-state index contributed by atoms with van der Waals surface area (Å²) < 4.78 is 22.9. The fourth-order valence-corrected chi connectivity index (χ4v) is 2.45. The quantitative estimate of drug-likeness (QED) is 0.720. The number of sulfone groups is 1. The maximum Gasteiger partial charge on any atom is 0.317 e. The monoisotopic (exact) mass is 278 g/mol. The van der Waals surface area contributed by atoms with Crippen molar-refractivity contribution < 1.29 is 13.2 Å². The number of unbranched alkanes of at least 4 members (excludes halogenated alkanes) is 2. The Bertz CT molecular complexity index is 354. The average Bonchev–Trinajstić information content (AvgIpc) is 2.30. The zero-order valence-electron chi connectivity index (χ0n) is 12.1. The molecule has 1 N–H and O–H groups in total. The van der Waals surface area contributed by atoms with Crippen molar-refractivity contribution in [3.8, 4) is 0 Å². The molecule has 0 saturated carbocycles. The van der Waals surface area contributed by atoms with Gasteiger partial charge in [-0.25, -0.2) is 13.2 Å². The maximum absolute atomic E-state index is 11.8. The van der Waals surface area contributed by atoms with Crippen molar-refractivity contribution in [2.24, 2.45) is 0 Å². The van der Waals surface area contributed by atoms with Gasteiger partial charge in [-0.15, -0.1) is 0 Å². The Morgan fingerprint density at radius 1 is 1.28 bits per heavy atom. The van der Waals surface area contributed by atoms with Crippen LogP contribution >= 0.6 is 0 Å². The number of carbonyl (C=O) groups is 1. The van der Waals surface area contributed by atoms with Crippen LogP contribution in [0.5, 0.6) is 0 Å². The van der Waals surface area contributed by atoms with E-state index in [1.807, 2.05) is 0 Å². The standard InChI is InChI=1S/C12H26N2O3S/c1-6-7-8-9-13-12(15)14(4)10(2)11(3)18(5,16)17/h10-11H,6-9H2,1-5H3,(H,13,15)/t10-,11+/m1/s1. The SMILES string of the molecule is CCCCCNC(=O)N(C)[C@H](C)[C@H](C)S(C)(=O)=O. The van der Waals surface area contributed by atoms with Gasteiger partial charge < -0.3 is 10.2 Å². The zero-order chi connectivity index (χ0) is 14.3. The number of rotatable bonds is 7. The molecule has 0 heterocycles. The topological polar surface area (TPSA) is 66.5 Å². The molecule has 108 valence electrons. The summed E-state index contributed by atoms with van der Waals surface area (Å²) in [6, 6.07) is -0.555. The van der Waals surface area contributed by atoms with Crippen molar-refractivity contribution in [2.45, 2.75) is 51.3 Å². The smallest absolute Gasteiger partial charge is 0.317 e. The Morgan fingerprint density at radius 2 is 1.83 bits per heavy atom. The molecule has 0 aliphatic carbocycles. The van der Waals surface area contributed by atoms with Crippen LogP contribution in [-0.4, -0.2) is 50.5 Å². The van der Waals surface area contributed by atoms with Crippen molar-refractivity contribution in [1.29, 1.82) is 0 Å². The van der Waals surface area contributed by atoms with Crippen LogP contribution < -0.4 is 5.32 Å². The second kappa shape index (κ2) is 7.61. The molecule has 0 bridgehead atoms. The van der Waals surface area contributed by atoms with Gasteiger partial charge in [0, 0.05) is 25.9 Å². The van der Waals surface area contributed by atoms with E-state index >= 15 is 0 Å². The molecule has 0 aromatic rings. The van der Waals surface area contributed by atoms with E-state index in [2.05, 4.69) is 12.2 Å². The molecule has 0 unspecified atom stereocenters. The molecule has 2 amide bonds. The van der Waals surface area contributed by atoms with Gasteiger partial charge >= 0.3 is 6.03 Å². The minimum Gasteiger partial charge on any atom is -0.338 e. The Kier molecular flexibility index (Phi) is 7.28. The molecule has 0 aliphatic rings. The summed E-state index contributed by atoms with van der Waals surface area (Å²) in [7, 11) is -1.50. The highest BCUT2D eigenvalue weighted by atomic mass is 32.2. The van der Waals surface area contributed by atoms with Crippen LogP contribution in [0.15, 0.2) is 0 Å². The lowest BCUT2D eigenvalue weighted by atomic mass is 10.2. The van der Waals surface area contributed by atoms with Crippen molar-refractivity contribution in [3.05, 3.63) is 0 Å². The van der Waals surface area contributed by atoms with Crippen LogP contribution in [0.1, 0.15) is 40.0 Å². The third kappa shape index (κ3) is 5.71. The number of nitrogens with zero attached hydrogens (tertiary/aromatic N) is 1. The van der Waals surface area contributed by atoms with Crippen molar-refractivity contribution in [2.75, 3.05) is 19.8 Å². The lowest BCUT2D eigenvalue weighted by Gasteiger charge is -2.29. The van der Waals surface area contributed by atoms with Crippen LogP contribution in [0, 0.1) is 0 Å². The van der Waals surface area contributed by atoms with Crippen molar-refractivity contribution in [3.63, 3.8) is 0 Å². The molecule has 2 atom stereocenters. The summed E-state index contributed by atoms with van der Waals surface area (Å²) >= 11 is 0. The molecule has 0 spiro atoms. The molecule has 18 heavy (non-hydrogen) atoms. The van der Waals surface area contributed by atoms with E-state index in [9.17, 15) is 13.2 Å². The summed E-state index contributed by atoms with van der Waals surface area (Å²) in [4.78, 5) is 13.3. The molecule has 0 aliphatic heterocycles. The van der Waals surface area contributed by atoms with Gasteiger partial charge in [0.2, 0.25) is 0 Å². The summed E-state index contributed by atoms with van der Waals surface area (Å²) in [5, 5.41) is 2.23. The molecule has 0 saturated heterocycles. The molecule has 6 heteroatoms. The maximum atomic E-state index is 11.8. The van der Waals surface area contributed by atoms with Crippen LogP contribution in [-0.2, 0) is 9.84 Å². The number of nitrogens with one attached hydrogen (secondary N) is 1. The van der Waals surface area contributed by atoms with Crippen LogP contribution in [0.2, 0.25) is 0 Å². The highest BCUT2D eigenvalue weighted by molar-refractivity contribution is 7.91. The molecule has 0 rings (SSSR count). The molecule has 5 nitrogen and oxygen atoms in total. The largest absolute Gasteiger partial charge is 0.338 e. The third-order valence-electron chi connectivity index (χ3n) is 3.34. The third-order valence-corrected chi connectivity index (χ3v) is 5.09. The number of amides is 2. The highest BCUT2D eigenvalue weighted by Gasteiger charge is 2.27. The minimum absolute atomic E-state index is 0.214. The Hall–Kier alpha value is -0.780. The fourth-order valence-electron chi connectivity index (χ4n) is 1.55. The molecular weight excluding hydrogens is 252 g/mol. The molecule has 0 aromatic heterocycles. The van der Waals surface area contributed by atoms with Gasteiger partial charge in [-0.3, -0.25) is 0 Å². The van der Waals surface area contributed by atoms with Gasteiger partial charge in [-0.1, -0.05) is 19.8 Å². The van der Waals surface area contributed by atoms with Gasteiger partial charge in [-0.05, 0) is 20.3 Å². The van der Waals surface area contributed by atoms with Gasteiger partial charge in [0.1, 0.15) is 0 Å². The van der Waals surface area contributed by atoms with E-state index < -0.39 is 15.1 Å². The van der Waals surface area contributed by atoms with E-state index in [0.29, 0.717) is 6.54 Å². The first-order valence-electron chi connectivity index (χ1n) is 6.41. The van der Waals surface area contributed by atoms with Crippen LogP contribution in [0.4, 0.5) is 4.79 Å². The van der Waals surface area contributed by atoms with Gasteiger partial charge in [0.05, 0.1) is 5.25 Å². The van der Waals surface area contributed by atoms with Crippen molar-refractivity contribution >= 4 is 15.9 Å². The number of hydrogen-bond donors (Lipinski definition) is 1. The molecule has 0 radical (unpaired) electrons. The first-order chi connectivity index (χ1) is 8.21. The predicted octanol–water partition coefficient (Wildman–Crippen LogP) is 1.64. The summed E-state index contributed by atoms with van der Waals surface area (Å²) in [5.41, 5.74) is 0. The van der Waals surface area contributed by atoms with Gasteiger partial charge in [0.15, 0.2) is 9.84 Å². The van der Waals surface area contributed by atoms with Gasteiger partial charge in [0.25, 0.3) is 0 Å². The van der Waals surface area contributed by atoms with Gasteiger partial charge in [-0.2, -0.15) is 0 Å². The van der Waals surface area contributed by atoms with Crippen LogP contribution in [0.25, 0.3) is 0 Å². The molecule has 0 aromatic carbocycles. The Balaban J connectivity index is 4.29. The normalized spacial score (nSPS) is 14.9. The van der Waals surface area contributed by atoms with E-state index in [0.717, 1.165) is 19.3 Å². The first-order valence-corrected chi connectivity index (χ1v) is 8.36. The van der Waals surface area contributed by atoms with Crippen LogP contribution in [0.3, 0.4) is 0 Å². The number of hydrogen-bond acceptors (Lipinski definition) is 3. The minimum atomic E-state index is -3.13. The first kappa shape index (κ1) is 17.2. The second-order valence-electron chi connectivity index (χ2n) is 4.83. The Morgan fingerprint density at radius 3 is 2.28 bits per heavy atom. The number of carbonyl (C=O) groups excluding carboxylic acids is 1. The Labute approximate surface area is 111 Å². The molecular formula is C12H26N2O3S. The second-order valence-corrected chi connectivity index (χ2v) is 7.23. The summed E-state index contributed by atoms with van der Waals surface area (Å²) in [6.45, 7) is 6.11. The summed E-state index contributed by atoms with van der Waals surface area (Å²) in [6.07, 6.45) is 4.33. The van der Waals surface area contributed by atoms with E-state index in [4.69, 9.17) is 0 Å². The highest BCUT2D eigenvalue weighted by Crippen LogP contribution is 2.10.